The SMILES string of the molecule is CC(=O)CN1CCN=C1Nc1cc(Cl)ccc1OC(F)(F)F. The van der Waals surface area contributed by atoms with Crippen molar-refractivity contribution in [3.8, 4) is 5.75 Å². The van der Waals surface area contributed by atoms with E-state index in [0.717, 1.165) is 6.07 Å². The minimum Gasteiger partial charge on any atom is -0.404 e. The van der Waals surface area contributed by atoms with E-state index < -0.39 is 12.1 Å². The largest absolute Gasteiger partial charge is 0.573 e. The smallest absolute Gasteiger partial charge is 0.404 e. The van der Waals surface area contributed by atoms with Crippen LogP contribution in [0.25, 0.3) is 0 Å². The summed E-state index contributed by atoms with van der Waals surface area (Å²) in [4.78, 5) is 17.0. The molecule has 0 bridgehead atoms. The number of ether oxygens (including phenoxy) is 1. The molecule has 1 aliphatic heterocycles. The van der Waals surface area contributed by atoms with E-state index >= 15 is 0 Å². The van der Waals surface area contributed by atoms with Gasteiger partial charge in [-0.15, -0.1) is 13.2 Å². The van der Waals surface area contributed by atoms with Crippen molar-refractivity contribution in [2.24, 2.45) is 4.99 Å². The van der Waals surface area contributed by atoms with Crippen LogP contribution in [0.1, 0.15) is 6.92 Å². The van der Waals surface area contributed by atoms with Gasteiger partial charge in [0.05, 0.1) is 18.8 Å². The van der Waals surface area contributed by atoms with E-state index in [-0.39, 0.29) is 23.0 Å². The molecule has 5 nitrogen and oxygen atoms in total. The predicted molar refractivity (Wildman–Crippen MR) is 76.3 cm³/mol. The third kappa shape index (κ3) is 4.52. The molecule has 1 aromatic carbocycles. The average molecular weight is 336 g/mol. The van der Waals surface area contributed by atoms with Gasteiger partial charge in [-0.25, -0.2) is 0 Å². The van der Waals surface area contributed by atoms with Gasteiger partial charge in [-0.05, 0) is 25.1 Å². The molecule has 0 saturated heterocycles. The molecular weight excluding hydrogens is 323 g/mol. The number of aliphatic imine (C=N–C) groups is 1. The first-order valence-corrected chi connectivity index (χ1v) is 6.73. The van der Waals surface area contributed by atoms with Crippen molar-refractivity contribution < 1.29 is 22.7 Å². The molecular formula is C13H13ClF3N3O2. The van der Waals surface area contributed by atoms with Gasteiger partial charge in [-0.2, -0.15) is 0 Å². The number of nitrogens with zero attached hydrogens (tertiary/aromatic N) is 2. The molecule has 0 unspecified atom stereocenters. The number of carbonyl (C=O) groups excluding carboxylic acids is 1. The topological polar surface area (TPSA) is 53.9 Å². The fraction of sp³-hybridized carbons (Fsp3) is 0.385. The average Bonchev–Trinajstić information content (AvgIpc) is 2.78. The van der Waals surface area contributed by atoms with Crippen LogP contribution in [0, 0.1) is 0 Å². The highest BCUT2D eigenvalue weighted by molar-refractivity contribution is 6.31. The van der Waals surface area contributed by atoms with Crippen molar-refractivity contribution in [3.63, 3.8) is 0 Å². The lowest BCUT2D eigenvalue weighted by molar-refractivity contribution is -0.274. The van der Waals surface area contributed by atoms with Crippen molar-refractivity contribution in [1.82, 2.24) is 4.90 Å². The van der Waals surface area contributed by atoms with Crippen molar-refractivity contribution in [1.29, 1.82) is 0 Å². The Labute approximate surface area is 129 Å². The monoisotopic (exact) mass is 335 g/mol. The van der Waals surface area contributed by atoms with Gasteiger partial charge in [0.15, 0.2) is 11.7 Å². The van der Waals surface area contributed by atoms with Gasteiger partial charge in [0.2, 0.25) is 0 Å². The molecule has 0 atom stereocenters. The first kappa shape index (κ1) is 16.4. The van der Waals surface area contributed by atoms with E-state index in [9.17, 15) is 18.0 Å². The summed E-state index contributed by atoms with van der Waals surface area (Å²) >= 11 is 5.81. The van der Waals surface area contributed by atoms with E-state index in [1.54, 1.807) is 4.90 Å². The number of guanidine groups is 1. The maximum absolute atomic E-state index is 12.4. The maximum Gasteiger partial charge on any atom is 0.573 e. The summed E-state index contributed by atoms with van der Waals surface area (Å²) in [5, 5.41) is 2.99. The van der Waals surface area contributed by atoms with Crippen LogP contribution in [0.15, 0.2) is 23.2 Å². The summed E-state index contributed by atoms with van der Waals surface area (Å²) in [7, 11) is 0. The first-order chi connectivity index (χ1) is 10.2. The van der Waals surface area contributed by atoms with Crippen molar-refractivity contribution >= 4 is 29.0 Å². The molecule has 1 heterocycles. The van der Waals surface area contributed by atoms with Gasteiger partial charge in [0.25, 0.3) is 0 Å². The Morgan fingerprint density at radius 2 is 2.23 bits per heavy atom. The van der Waals surface area contributed by atoms with Gasteiger partial charge in [0, 0.05) is 11.6 Å². The molecule has 9 heteroatoms. The second-order valence-electron chi connectivity index (χ2n) is 4.64. The Hall–Kier alpha value is -1.96. The number of benzene rings is 1. The summed E-state index contributed by atoms with van der Waals surface area (Å²) in [5.41, 5.74) is 0.0269. The molecule has 0 aromatic heterocycles. The fourth-order valence-electron chi connectivity index (χ4n) is 1.96. The van der Waals surface area contributed by atoms with E-state index in [1.165, 1.54) is 19.1 Å². The van der Waals surface area contributed by atoms with Gasteiger partial charge in [-0.3, -0.25) is 9.79 Å². The van der Waals surface area contributed by atoms with Gasteiger partial charge >= 0.3 is 6.36 Å². The zero-order valence-corrected chi connectivity index (χ0v) is 12.3. The Kier molecular flexibility index (Phi) is 4.80. The van der Waals surface area contributed by atoms with Gasteiger partial charge < -0.3 is 15.0 Å². The summed E-state index contributed by atoms with van der Waals surface area (Å²) in [6.45, 7) is 2.51. The molecule has 2 rings (SSSR count). The summed E-state index contributed by atoms with van der Waals surface area (Å²) in [5.74, 6) is -0.187. The lowest BCUT2D eigenvalue weighted by atomic mass is 10.3. The number of ketones is 1. The molecule has 0 aliphatic carbocycles. The number of nitrogens with one attached hydrogen (secondary N) is 1. The van der Waals surface area contributed by atoms with Crippen LogP contribution in [-0.2, 0) is 4.79 Å². The second-order valence-corrected chi connectivity index (χ2v) is 5.08. The summed E-state index contributed by atoms with van der Waals surface area (Å²) < 4.78 is 41.2. The standard InChI is InChI=1S/C13H13ClF3N3O2/c1-8(21)7-20-5-4-18-12(20)19-10-6-9(14)2-3-11(10)22-13(15,16)17/h2-3,6H,4-5,7H2,1H3,(H,18,19). The highest BCUT2D eigenvalue weighted by Crippen LogP contribution is 2.32. The Bertz CT molecular complexity index is 605. The number of hydrogen-bond acceptors (Lipinski definition) is 5. The fourth-order valence-corrected chi connectivity index (χ4v) is 2.13. The molecule has 0 radical (unpaired) electrons. The lowest BCUT2D eigenvalue weighted by Crippen LogP contribution is -2.36. The normalized spacial score (nSPS) is 14.8. The Morgan fingerprint density at radius 3 is 2.86 bits per heavy atom. The third-order valence-corrected chi connectivity index (χ3v) is 2.99. The Balaban J connectivity index is 2.21. The number of rotatable bonds is 4. The highest BCUT2D eigenvalue weighted by Gasteiger charge is 2.32. The van der Waals surface area contributed by atoms with E-state index in [1.807, 2.05) is 0 Å². The maximum atomic E-state index is 12.4. The van der Waals surface area contributed by atoms with Gasteiger partial charge in [0.1, 0.15) is 5.78 Å². The molecule has 0 saturated carbocycles. The van der Waals surface area contributed by atoms with E-state index in [4.69, 9.17) is 11.6 Å². The van der Waals surface area contributed by atoms with Crippen LogP contribution in [0.5, 0.6) is 5.75 Å². The van der Waals surface area contributed by atoms with Crippen LogP contribution >= 0.6 is 11.6 Å². The van der Waals surface area contributed by atoms with Crippen LogP contribution in [0.3, 0.4) is 0 Å². The van der Waals surface area contributed by atoms with Gasteiger partial charge in [-0.1, -0.05) is 11.6 Å². The zero-order chi connectivity index (χ0) is 16.3. The third-order valence-electron chi connectivity index (χ3n) is 2.76. The second kappa shape index (κ2) is 6.43. The zero-order valence-electron chi connectivity index (χ0n) is 11.6. The molecule has 22 heavy (non-hydrogen) atoms. The van der Waals surface area contributed by atoms with E-state index in [0.29, 0.717) is 19.0 Å². The van der Waals surface area contributed by atoms with Crippen molar-refractivity contribution in [3.05, 3.63) is 23.2 Å². The molecule has 0 fully saturated rings. The van der Waals surface area contributed by atoms with Crippen LogP contribution < -0.4 is 10.1 Å². The summed E-state index contributed by atoms with van der Waals surface area (Å²) in [6.07, 6.45) is -4.82. The van der Waals surface area contributed by atoms with E-state index in [2.05, 4.69) is 15.0 Å². The quantitative estimate of drug-likeness (QED) is 0.919. The van der Waals surface area contributed by atoms with Crippen LogP contribution in [0.4, 0.5) is 18.9 Å². The number of hydrogen-bond donors (Lipinski definition) is 1. The number of anilines is 1. The Morgan fingerprint density at radius 1 is 1.50 bits per heavy atom. The van der Waals surface area contributed by atoms with Crippen molar-refractivity contribution in [2.45, 2.75) is 13.3 Å². The lowest BCUT2D eigenvalue weighted by Gasteiger charge is -2.21. The summed E-state index contributed by atoms with van der Waals surface area (Å²) in [6, 6.07) is 3.70. The number of carbonyl (C=O) groups is 1. The molecule has 1 N–H and O–H groups in total. The highest BCUT2D eigenvalue weighted by atomic mass is 35.5. The molecule has 0 amide bonds. The molecule has 1 aromatic rings. The first-order valence-electron chi connectivity index (χ1n) is 6.36. The predicted octanol–water partition coefficient (Wildman–Crippen LogP) is 2.91. The minimum absolute atomic E-state index is 0.0269. The van der Waals surface area contributed by atoms with Crippen LogP contribution in [0.2, 0.25) is 5.02 Å². The minimum atomic E-state index is -4.82. The number of alkyl halides is 3. The molecule has 120 valence electrons. The molecule has 1 aliphatic rings. The van der Waals surface area contributed by atoms with Crippen molar-refractivity contribution in [2.75, 3.05) is 25.0 Å². The molecule has 0 spiro atoms. The number of halogens is 4. The number of Topliss-reactive ketones (excluding diaryl/α,β-unsaturated/α-hetero) is 1. The van der Waals surface area contributed by atoms with Crippen LogP contribution in [-0.4, -0.2) is 42.6 Å².